The van der Waals surface area contributed by atoms with Crippen LogP contribution >= 0.6 is 0 Å². The summed E-state index contributed by atoms with van der Waals surface area (Å²) in [5.41, 5.74) is 0.758. The molecule has 8 heteroatoms. The standard InChI is InChI=1S/C19H19F2NO5/c1-24-15-10-12(11-16(25-2)18(15)26-3)8-9-17(23)22-13-6-4-5-7-14(13)27-19(20)21/h4-11,19H,1-3H3,(H,22,23)/b9-8+. The number of anilines is 1. The second-order valence-electron chi connectivity index (χ2n) is 5.16. The molecule has 0 atom stereocenters. The van der Waals surface area contributed by atoms with Crippen molar-refractivity contribution in [3.63, 3.8) is 0 Å². The number of alkyl halides is 2. The van der Waals surface area contributed by atoms with Crippen LogP contribution in [0.25, 0.3) is 6.08 Å². The van der Waals surface area contributed by atoms with Gasteiger partial charge in [-0.1, -0.05) is 12.1 Å². The summed E-state index contributed by atoms with van der Waals surface area (Å²) in [4.78, 5) is 12.1. The van der Waals surface area contributed by atoms with Crippen LogP contribution in [0, 0.1) is 0 Å². The van der Waals surface area contributed by atoms with Crippen LogP contribution in [-0.2, 0) is 4.79 Å². The van der Waals surface area contributed by atoms with E-state index in [0.717, 1.165) is 0 Å². The fraction of sp³-hybridized carbons (Fsp3) is 0.211. The van der Waals surface area contributed by atoms with E-state index >= 15 is 0 Å². The van der Waals surface area contributed by atoms with Crippen molar-refractivity contribution in [3.05, 3.63) is 48.0 Å². The topological polar surface area (TPSA) is 66.0 Å². The third-order valence-corrected chi connectivity index (χ3v) is 3.48. The number of halogens is 2. The van der Waals surface area contributed by atoms with E-state index in [9.17, 15) is 13.6 Å². The first-order valence-corrected chi connectivity index (χ1v) is 7.81. The number of carbonyl (C=O) groups is 1. The van der Waals surface area contributed by atoms with Gasteiger partial charge in [-0.15, -0.1) is 0 Å². The zero-order chi connectivity index (χ0) is 19.8. The molecule has 0 aliphatic rings. The molecule has 0 aromatic heterocycles. The molecule has 144 valence electrons. The number of methoxy groups -OCH3 is 3. The molecule has 0 unspecified atom stereocenters. The zero-order valence-electron chi connectivity index (χ0n) is 15.0. The Morgan fingerprint density at radius 3 is 2.19 bits per heavy atom. The van der Waals surface area contributed by atoms with Crippen molar-refractivity contribution in [1.82, 2.24) is 0 Å². The average Bonchev–Trinajstić information content (AvgIpc) is 2.66. The lowest BCUT2D eigenvalue weighted by molar-refractivity contribution is -0.111. The molecule has 0 radical (unpaired) electrons. The van der Waals surface area contributed by atoms with Crippen LogP contribution in [0.1, 0.15) is 5.56 Å². The maximum Gasteiger partial charge on any atom is 0.387 e. The van der Waals surface area contributed by atoms with E-state index in [4.69, 9.17) is 14.2 Å². The Morgan fingerprint density at radius 1 is 1.00 bits per heavy atom. The quantitative estimate of drug-likeness (QED) is 0.703. The summed E-state index contributed by atoms with van der Waals surface area (Å²) in [5.74, 6) is 0.663. The minimum absolute atomic E-state index is 0.123. The lowest BCUT2D eigenvalue weighted by Crippen LogP contribution is -2.11. The summed E-state index contributed by atoms with van der Waals surface area (Å²) in [6.07, 6.45) is 2.77. The van der Waals surface area contributed by atoms with Gasteiger partial charge < -0.3 is 24.3 Å². The van der Waals surface area contributed by atoms with E-state index in [2.05, 4.69) is 10.1 Å². The van der Waals surface area contributed by atoms with Crippen LogP contribution < -0.4 is 24.3 Å². The fourth-order valence-corrected chi connectivity index (χ4v) is 2.31. The van der Waals surface area contributed by atoms with Crippen molar-refractivity contribution >= 4 is 17.7 Å². The third-order valence-electron chi connectivity index (χ3n) is 3.48. The van der Waals surface area contributed by atoms with Gasteiger partial charge in [-0.05, 0) is 35.9 Å². The molecule has 1 N–H and O–H groups in total. The SMILES string of the molecule is COc1cc(/C=C/C(=O)Nc2ccccc2OC(F)F)cc(OC)c1OC. The monoisotopic (exact) mass is 379 g/mol. The van der Waals surface area contributed by atoms with Crippen molar-refractivity contribution in [3.8, 4) is 23.0 Å². The second kappa shape index (κ2) is 9.42. The predicted octanol–water partition coefficient (Wildman–Crippen LogP) is 3.97. The molecular formula is C19H19F2NO5. The van der Waals surface area contributed by atoms with E-state index in [1.54, 1.807) is 18.2 Å². The van der Waals surface area contributed by atoms with Crippen molar-refractivity contribution < 1.29 is 32.5 Å². The Labute approximate surface area is 155 Å². The highest BCUT2D eigenvalue weighted by atomic mass is 19.3. The molecule has 0 saturated heterocycles. The van der Waals surface area contributed by atoms with Crippen molar-refractivity contribution in [2.45, 2.75) is 6.61 Å². The molecule has 0 aliphatic heterocycles. The number of hydrogen-bond donors (Lipinski definition) is 1. The van der Waals surface area contributed by atoms with E-state index in [1.165, 1.54) is 51.7 Å². The molecule has 1 amide bonds. The molecule has 6 nitrogen and oxygen atoms in total. The number of amides is 1. The van der Waals surface area contributed by atoms with Crippen LogP contribution in [-0.4, -0.2) is 33.8 Å². The van der Waals surface area contributed by atoms with E-state index < -0.39 is 12.5 Å². The van der Waals surface area contributed by atoms with Crippen LogP contribution in [0.3, 0.4) is 0 Å². The van der Waals surface area contributed by atoms with Gasteiger partial charge in [0.1, 0.15) is 5.75 Å². The van der Waals surface area contributed by atoms with Gasteiger partial charge in [-0.2, -0.15) is 8.78 Å². The summed E-state index contributed by atoms with van der Waals surface area (Å²) < 4.78 is 45.0. The third kappa shape index (κ3) is 5.34. The number of benzene rings is 2. The molecule has 2 rings (SSSR count). The highest BCUT2D eigenvalue weighted by Gasteiger charge is 2.13. The number of hydrogen-bond acceptors (Lipinski definition) is 5. The smallest absolute Gasteiger partial charge is 0.387 e. The molecule has 2 aromatic rings. The minimum Gasteiger partial charge on any atom is -0.493 e. The van der Waals surface area contributed by atoms with Crippen molar-refractivity contribution in [2.75, 3.05) is 26.6 Å². The Hall–Kier alpha value is -3.29. The van der Waals surface area contributed by atoms with Gasteiger partial charge in [-0.3, -0.25) is 4.79 Å². The summed E-state index contributed by atoms with van der Waals surface area (Å²) in [6.45, 7) is -2.99. The van der Waals surface area contributed by atoms with Crippen LogP contribution in [0.4, 0.5) is 14.5 Å². The zero-order valence-corrected chi connectivity index (χ0v) is 15.0. The molecule has 0 spiro atoms. The molecule has 0 fully saturated rings. The van der Waals surface area contributed by atoms with E-state index in [1.807, 2.05) is 0 Å². The van der Waals surface area contributed by atoms with Gasteiger partial charge in [0.05, 0.1) is 27.0 Å². The second-order valence-corrected chi connectivity index (χ2v) is 5.16. The average molecular weight is 379 g/mol. The largest absolute Gasteiger partial charge is 0.493 e. The fourth-order valence-electron chi connectivity index (χ4n) is 2.31. The summed E-state index contributed by atoms with van der Waals surface area (Å²) in [6, 6.07) is 9.25. The van der Waals surface area contributed by atoms with Gasteiger partial charge in [0.25, 0.3) is 0 Å². The van der Waals surface area contributed by atoms with Crippen LogP contribution in [0.15, 0.2) is 42.5 Å². The van der Waals surface area contributed by atoms with Gasteiger partial charge in [-0.25, -0.2) is 0 Å². The van der Waals surface area contributed by atoms with Crippen molar-refractivity contribution in [1.29, 1.82) is 0 Å². The molecule has 2 aromatic carbocycles. The molecule has 0 aliphatic carbocycles. The number of nitrogens with one attached hydrogen (secondary N) is 1. The molecule has 0 heterocycles. The van der Waals surface area contributed by atoms with Gasteiger partial charge >= 0.3 is 6.61 Å². The summed E-state index contributed by atoms with van der Waals surface area (Å²) in [5, 5.41) is 2.49. The Kier molecular flexibility index (Phi) is 6.99. The van der Waals surface area contributed by atoms with Gasteiger partial charge in [0.2, 0.25) is 11.7 Å². The summed E-state index contributed by atoms with van der Waals surface area (Å²) in [7, 11) is 4.46. The van der Waals surface area contributed by atoms with Gasteiger partial charge in [0.15, 0.2) is 11.5 Å². The lowest BCUT2D eigenvalue weighted by atomic mass is 10.1. The number of para-hydroxylation sites is 2. The molecule has 0 bridgehead atoms. The Morgan fingerprint density at radius 2 is 1.63 bits per heavy atom. The number of rotatable bonds is 8. The highest BCUT2D eigenvalue weighted by molar-refractivity contribution is 6.02. The highest BCUT2D eigenvalue weighted by Crippen LogP contribution is 2.38. The first-order chi connectivity index (χ1) is 13.0. The lowest BCUT2D eigenvalue weighted by Gasteiger charge is -2.13. The van der Waals surface area contributed by atoms with E-state index in [-0.39, 0.29) is 11.4 Å². The van der Waals surface area contributed by atoms with Crippen LogP contribution in [0.2, 0.25) is 0 Å². The Bertz CT molecular complexity index is 798. The predicted molar refractivity (Wildman–Crippen MR) is 96.8 cm³/mol. The first kappa shape index (κ1) is 20.0. The van der Waals surface area contributed by atoms with Crippen molar-refractivity contribution in [2.24, 2.45) is 0 Å². The van der Waals surface area contributed by atoms with Gasteiger partial charge in [0, 0.05) is 6.08 Å². The van der Waals surface area contributed by atoms with Crippen LogP contribution in [0.5, 0.6) is 23.0 Å². The Balaban J connectivity index is 2.18. The molecule has 0 saturated carbocycles. The maximum atomic E-state index is 12.4. The normalized spacial score (nSPS) is 10.7. The molecular weight excluding hydrogens is 360 g/mol. The minimum atomic E-state index is -2.99. The number of ether oxygens (including phenoxy) is 4. The first-order valence-electron chi connectivity index (χ1n) is 7.81. The number of carbonyl (C=O) groups excluding carboxylic acids is 1. The van der Waals surface area contributed by atoms with E-state index in [0.29, 0.717) is 22.8 Å². The maximum absolute atomic E-state index is 12.4. The summed E-state index contributed by atoms with van der Waals surface area (Å²) >= 11 is 0. The molecule has 27 heavy (non-hydrogen) atoms.